The number of benzene rings is 1. The van der Waals surface area contributed by atoms with Crippen LogP contribution in [0, 0.1) is 0 Å². The van der Waals surface area contributed by atoms with Crippen LogP contribution in [0.25, 0.3) is 11.4 Å². The second kappa shape index (κ2) is 7.85. The number of likely N-dealkylation sites (tertiary alicyclic amines) is 1. The predicted molar refractivity (Wildman–Crippen MR) is 101 cm³/mol. The van der Waals surface area contributed by atoms with Crippen LogP contribution in [0.5, 0.6) is 0 Å². The van der Waals surface area contributed by atoms with E-state index in [1.54, 1.807) is 18.2 Å². The monoisotopic (exact) mass is 399 g/mol. The van der Waals surface area contributed by atoms with Crippen LogP contribution >= 0.6 is 35.0 Å². The van der Waals surface area contributed by atoms with E-state index >= 15 is 0 Å². The molecule has 0 saturated carbocycles. The molecule has 3 rings (SSSR count). The number of thioether (sulfide) groups is 1. The van der Waals surface area contributed by atoms with Crippen molar-refractivity contribution in [1.82, 2.24) is 19.8 Å². The number of nitrogens with zero attached hydrogens (tertiary/aromatic N) is 4. The van der Waals surface area contributed by atoms with Gasteiger partial charge in [0.25, 0.3) is 0 Å². The number of nitrogen functional groups attached to an aromatic ring is 1. The van der Waals surface area contributed by atoms with Crippen LogP contribution in [0.3, 0.4) is 0 Å². The number of piperidine rings is 1. The normalized spacial score (nSPS) is 17.7. The molecule has 1 aromatic carbocycles. The number of rotatable bonds is 4. The fraction of sp³-hybridized carbons (Fsp3) is 0.438. The molecule has 1 atom stereocenters. The van der Waals surface area contributed by atoms with Crippen molar-refractivity contribution in [2.24, 2.45) is 0 Å². The van der Waals surface area contributed by atoms with Gasteiger partial charge in [-0.3, -0.25) is 4.79 Å². The molecule has 25 heavy (non-hydrogen) atoms. The highest BCUT2D eigenvalue weighted by atomic mass is 35.5. The van der Waals surface area contributed by atoms with Crippen LogP contribution in [-0.4, -0.2) is 44.0 Å². The molecule has 6 nitrogen and oxygen atoms in total. The molecule has 2 N–H and O–H groups in total. The smallest absolute Gasteiger partial charge is 0.233 e. The molecular formula is C16H19Cl2N5OS. The first-order chi connectivity index (χ1) is 12.0. The molecule has 0 bridgehead atoms. The van der Waals surface area contributed by atoms with Gasteiger partial charge in [-0.15, -0.1) is 10.2 Å². The number of hydrogen-bond donors (Lipinski definition) is 1. The van der Waals surface area contributed by atoms with Crippen LogP contribution in [0.1, 0.15) is 26.2 Å². The summed E-state index contributed by atoms with van der Waals surface area (Å²) in [6.07, 6.45) is 3.30. The molecule has 134 valence electrons. The molecule has 1 amide bonds. The summed E-state index contributed by atoms with van der Waals surface area (Å²) in [6, 6.07) is 5.35. The van der Waals surface area contributed by atoms with Gasteiger partial charge in [0.2, 0.25) is 11.1 Å². The van der Waals surface area contributed by atoms with E-state index in [1.165, 1.54) is 22.9 Å². The lowest BCUT2D eigenvalue weighted by atomic mass is 10.0. The topological polar surface area (TPSA) is 77.0 Å². The first-order valence-electron chi connectivity index (χ1n) is 8.05. The van der Waals surface area contributed by atoms with E-state index in [1.807, 2.05) is 4.90 Å². The number of halogens is 2. The molecule has 1 aliphatic rings. The molecule has 0 aliphatic carbocycles. The maximum Gasteiger partial charge on any atom is 0.233 e. The zero-order valence-corrected chi connectivity index (χ0v) is 16.1. The van der Waals surface area contributed by atoms with Crippen molar-refractivity contribution in [2.75, 3.05) is 18.1 Å². The Morgan fingerprint density at radius 3 is 2.92 bits per heavy atom. The minimum atomic E-state index is 0.0996. The second-order valence-corrected chi connectivity index (χ2v) is 7.81. The minimum Gasteiger partial charge on any atom is -0.339 e. The lowest BCUT2D eigenvalue weighted by molar-refractivity contribution is -0.131. The van der Waals surface area contributed by atoms with E-state index in [-0.39, 0.29) is 11.7 Å². The average molecular weight is 400 g/mol. The number of carbonyl (C=O) groups is 1. The SMILES string of the molecule is CC1CCCCN1C(=O)CSc1nnc(-c2cc(Cl)ccc2Cl)n1N. The van der Waals surface area contributed by atoms with Gasteiger partial charge in [-0.2, -0.15) is 0 Å². The number of aromatic nitrogens is 3. The van der Waals surface area contributed by atoms with Gasteiger partial charge >= 0.3 is 0 Å². The lowest BCUT2D eigenvalue weighted by Crippen LogP contribution is -2.43. The summed E-state index contributed by atoms with van der Waals surface area (Å²) < 4.78 is 1.34. The van der Waals surface area contributed by atoms with Gasteiger partial charge < -0.3 is 10.7 Å². The van der Waals surface area contributed by atoms with E-state index in [0.717, 1.165) is 19.4 Å². The first kappa shape index (κ1) is 18.4. The highest BCUT2D eigenvalue weighted by Crippen LogP contribution is 2.30. The van der Waals surface area contributed by atoms with E-state index in [4.69, 9.17) is 29.0 Å². The van der Waals surface area contributed by atoms with Crippen LogP contribution in [0.15, 0.2) is 23.4 Å². The average Bonchev–Trinajstić information content (AvgIpc) is 2.96. The molecule has 1 unspecified atom stereocenters. The predicted octanol–water partition coefficient (Wildman–Crippen LogP) is 3.46. The van der Waals surface area contributed by atoms with Crippen molar-refractivity contribution in [2.45, 2.75) is 37.4 Å². The van der Waals surface area contributed by atoms with Crippen LogP contribution < -0.4 is 5.84 Å². The van der Waals surface area contributed by atoms with Gasteiger partial charge in [0, 0.05) is 23.2 Å². The van der Waals surface area contributed by atoms with Crippen LogP contribution in [-0.2, 0) is 4.79 Å². The quantitative estimate of drug-likeness (QED) is 0.628. The molecule has 0 radical (unpaired) electrons. The Morgan fingerprint density at radius 1 is 1.36 bits per heavy atom. The van der Waals surface area contributed by atoms with Crippen molar-refractivity contribution in [3.63, 3.8) is 0 Å². The third-order valence-corrected chi connectivity index (χ3v) is 5.77. The zero-order chi connectivity index (χ0) is 18.0. The third kappa shape index (κ3) is 4.04. The Balaban J connectivity index is 1.71. The Bertz CT molecular complexity index is 782. The molecule has 1 saturated heterocycles. The van der Waals surface area contributed by atoms with Gasteiger partial charge in [0.15, 0.2) is 5.82 Å². The second-order valence-electron chi connectivity index (χ2n) is 6.02. The summed E-state index contributed by atoms with van der Waals surface area (Å²) in [5, 5.41) is 9.65. The zero-order valence-electron chi connectivity index (χ0n) is 13.8. The molecule has 0 spiro atoms. The maximum atomic E-state index is 12.4. The summed E-state index contributed by atoms with van der Waals surface area (Å²) >= 11 is 13.5. The fourth-order valence-corrected chi connectivity index (χ4v) is 4.02. The number of nitrogens with two attached hydrogens (primary N) is 1. The van der Waals surface area contributed by atoms with Crippen molar-refractivity contribution >= 4 is 40.9 Å². The number of amides is 1. The summed E-state index contributed by atoms with van der Waals surface area (Å²) in [4.78, 5) is 14.4. The Kier molecular flexibility index (Phi) is 5.76. The van der Waals surface area contributed by atoms with E-state index in [9.17, 15) is 4.79 Å². The van der Waals surface area contributed by atoms with Crippen molar-refractivity contribution in [1.29, 1.82) is 0 Å². The number of hydrogen-bond acceptors (Lipinski definition) is 5. The van der Waals surface area contributed by atoms with Crippen molar-refractivity contribution in [3.05, 3.63) is 28.2 Å². The summed E-state index contributed by atoms with van der Waals surface area (Å²) in [5.74, 6) is 6.88. The molecule has 2 heterocycles. The summed E-state index contributed by atoms with van der Waals surface area (Å²) in [7, 11) is 0. The minimum absolute atomic E-state index is 0.0996. The molecule has 1 aliphatic heterocycles. The van der Waals surface area contributed by atoms with Gasteiger partial charge in [0.05, 0.1) is 10.8 Å². The van der Waals surface area contributed by atoms with Crippen LogP contribution in [0.4, 0.5) is 0 Å². The Labute approximate surface area is 160 Å². The fourth-order valence-electron chi connectivity index (χ4n) is 2.91. The van der Waals surface area contributed by atoms with Crippen LogP contribution in [0.2, 0.25) is 10.0 Å². The third-order valence-electron chi connectivity index (χ3n) is 4.28. The van der Waals surface area contributed by atoms with Gasteiger partial charge in [-0.05, 0) is 44.4 Å². The van der Waals surface area contributed by atoms with Gasteiger partial charge in [-0.25, -0.2) is 4.68 Å². The Morgan fingerprint density at radius 2 is 2.16 bits per heavy atom. The first-order valence-corrected chi connectivity index (χ1v) is 9.79. The highest BCUT2D eigenvalue weighted by Gasteiger charge is 2.24. The van der Waals surface area contributed by atoms with E-state index < -0.39 is 0 Å². The summed E-state index contributed by atoms with van der Waals surface area (Å²) in [6.45, 7) is 2.91. The molecular weight excluding hydrogens is 381 g/mol. The van der Waals surface area contributed by atoms with E-state index in [2.05, 4.69) is 17.1 Å². The van der Waals surface area contributed by atoms with Crippen molar-refractivity contribution in [3.8, 4) is 11.4 Å². The van der Waals surface area contributed by atoms with E-state index in [0.29, 0.717) is 32.6 Å². The molecule has 2 aromatic rings. The highest BCUT2D eigenvalue weighted by molar-refractivity contribution is 7.99. The van der Waals surface area contributed by atoms with Gasteiger partial charge in [-0.1, -0.05) is 35.0 Å². The molecule has 1 fully saturated rings. The summed E-state index contributed by atoms with van der Waals surface area (Å²) in [5.41, 5.74) is 0.604. The van der Waals surface area contributed by atoms with Gasteiger partial charge in [0.1, 0.15) is 0 Å². The largest absolute Gasteiger partial charge is 0.339 e. The van der Waals surface area contributed by atoms with Crippen molar-refractivity contribution < 1.29 is 4.79 Å². The Hall–Kier alpha value is -1.44. The number of carbonyl (C=O) groups excluding carboxylic acids is 1. The maximum absolute atomic E-state index is 12.4. The standard InChI is InChI=1S/C16H19Cl2N5OS/c1-10-4-2-3-7-22(10)14(24)9-25-16-21-20-15(23(16)19)12-8-11(17)5-6-13(12)18/h5-6,8,10H,2-4,7,9,19H2,1H3. The molecule has 9 heteroatoms. The lowest BCUT2D eigenvalue weighted by Gasteiger charge is -2.33. The molecule has 1 aromatic heterocycles.